The highest BCUT2D eigenvalue weighted by molar-refractivity contribution is 5.73. The van der Waals surface area contributed by atoms with Crippen molar-refractivity contribution in [2.75, 3.05) is 14.1 Å². The average Bonchev–Trinajstić information content (AvgIpc) is 2.95. The molecule has 0 aliphatic rings. The summed E-state index contributed by atoms with van der Waals surface area (Å²) in [4.78, 5) is 1.66. The van der Waals surface area contributed by atoms with Gasteiger partial charge in [-0.25, -0.2) is 0 Å². The first kappa shape index (κ1) is 15.9. The summed E-state index contributed by atoms with van der Waals surface area (Å²) in [5, 5.41) is 11.5. The zero-order valence-corrected chi connectivity index (χ0v) is 12.5. The Labute approximate surface area is 120 Å². The number of benzene rings is 2. The van der Waals surface area contributed by atoms with Crippen molar-refractivity contribution in [1.82, 2.24) is 20.3 Å². The van der Waals surface area contributed by atoms with E-state index in [0.29, 0.717) is 0 Å². The third kappa shape index (κ3) is 4.17. The molecule has 0 aliphatic heterocycles. The Hall–Kier alpha value is -2.20. The number of fused-ring (bicyclic) bond motifs is 1. The molecule has 0 unspecified atom stereocenters. The van der Waals surface area contributed by atoms with Crippen LogP contribution in [0, 0.1) is 0 Å². The molecule has 20 heavy (non-hydrogen) atoms. The molecular formula is C16H22N4. The largest absolute Gasteiger partial charge is 0.323 e. The normalized spacial score (nSPS) is 9.20. The van der Waals surface area contributed by atoms with Crippen LogP contribution < -0.4 is 5.32 Å². The summed E-state index contributed by atoms with van der Waals surface area (Å²) in [6, 6.07) is 17.7. The fourth-order valence-electron chi connectivity index (χ4n) is 1.54. The van der Waals surface area contributed by atoms with Crippen LogP contribution in [-0.2, 0) is 0 Å². The van der Waals surface area contributed by atoms with Crippen LogP contribution in [0.3, 0.4) is 0 Å². The third-order valence-corrected chi connectivity index (χ3v) is 2.27. The van der Waals surface area contributed by atoms with Crippen molar-refractivity contribution in [2.24, 2.45) is 0 Å². The second kappa shape index (κ2) is 8.82. The Bertz CT molecular complexity index is 569. The van der Waals surface area contributed by atoms with Gasteiger partial charge in [-0.1, -0.05) is 44.2 Å². The molecule has 3 aromatic rings. The highest BCUT2D eigenvalue weighted by Crippen LogP contribution is 2.10. The molecule has 2 aromatic carbocycles. The summed E-state index contributed by atoms with van der Waals surface area (Å²) < 4.78 is 0. The number of aromatic nitrogens is 3. The molecule has 0 spiro atoms. The maximum atomic E-state index is 4.39. The molecule has 106 valence electrons. The minimum Gasteiger partial charge on any atom is -0.323 e. The molecule has 0 bridgehead atoms. The molecule has 4 nitrogen and oxygen atoms in total. The van der Waals surface area contributed by atoms with Gasteiger partial charge >= 0.3 is 0 Å². The molecule has 0 amide bonds. The van der Waals surface area contributed by atoms with E-state index in [0.717, 1.165) is 16.7 Å². The van der Waals surface area contributed by atoms with Crippen molar-refractivity contribution >= 4 is 11.0 Å². The molecule has 0 atom stereocenters. The Morgan fingerprint density at radius 1 is 0.750 bits per heavy atom. The lowest BCUT2D eigenvalue weighted by Crippen LogP contribution is -1.97. The van der Waals surface area contributed by atoms with E-state index in [2.05, 4.69) is 15.5 Å². The minimum absolute atomic E-state index is 0.918. The number of nitrogens with one attached hydrogen (secondary N) is 1. The predicted octanol–water partition coefficient (Wildman–Crippen LogP) is 3.28. The average molecular weight is 270 g/mol. The quantitative estimate of drug-likeness (QED) is 0.738. The first-order valence-corrected chi connectivity index (χ1v) is 6.81. The molecule has 0 fully saturated rings. The van der Waals surface area contributed by atoms with Crippen LogP contribution in [0.5, 0.6) is 0 Å². The van der Waals surface area contributed by atoms with Crippen molar-refractivity contribution in [3.8, 4) is 5.69 Å². The molecule has 3 rings (SSSR count). The maximum absolute atomic E-state index is 4.39. The molecule has 1 heterocycles. The van der Waals surface area contributed by atoms with E-state index in [1.54, 1.807) is 4.80 Å². The molecule has 1 N–H and O–H groups in total. The Morgan fingerprint density at radius 2 is 1.15 bits per heavy atom. The van der Waals surface area contributed by atoms with E-state index in [-0.39, 0.29) is 0 Å². The molecule has 0 saturated carbocycles. The Morgan fingerprint density at radius 3 is 1.60 bits per heavy atom. The van der Waals surface area contributed by atoms with Crippen LogP contribution in [0.2, 0.25) is 0 Å². The van der Waals surface area contributed by atoms with Crippen LogP contribution in [0.25, 0.3) is 16.7 Å². The fourth-order valence-corrected chi connectivity index (χ4v) is 1.54. The van der Waals surface area contributed by atoms with Gasteiger partial charge in [-0.15, -0.1) is 10.2 Å². The summed E-state index contributed by atoms with van der Waals surface area (Å²) in [6.07, 6.45) is 0. The third-order valence-electron chi connectivity index (χ3n) is 2.27. The van der Waals surface area contributed by atoms with Gasteiger partial charge in [0.1, 0.15) is 11.0 Å². The van der Waals surface area contributed by atoms with Gasteiger partial charge in [-0.3, -0.25) is 0 Å². The second-order valence-electron chi connectivity index (χ2n) is 3.81. The number of hydrogen-bond acceptors (Lipinski definition) is 3. The van der Waals surface area contributed by atoms with Crippen LogP contribution >= 0.6 is 0 Å². The first-order chi connectivity index (χ1) is 9.85. The summed E-state index contributed by atoms with van der Waals surface area (Å²) >= 11 is 0. The van der Waals surface area contributed by atoms with Gasteiger partial charge in [0.25, 0.3) is 0 Å². The molecule has 0 radical (unpaired) electrons. The van der Waals surface area contributed by atoms with E-state index in [1.165, 1.54) is 0 Å². The van der Waals surface area contributed by atoms with E-state index in [1.807, 2.05) is 82.5 Å². The van der Waals surface area contributed by atoms with E-state index < -0.39 is 0 Å². The SMILES string of the molecule is CC.CNC.c1ccc(-n2nc3ccccc3n2)cc1. The lowest BCUT2D eigenvalue weighted by atomic mass is 10.3. The number of hydrogen-bond donors (Lipinski definition) is 1. The zero-order chi connectivity index (χ0) is 14.8. The zero-order valence-electron chi connectivity index (χ0n) is 12.5. The number of nitrogens with zero attached hydrogens (tertiary/aromatic N) is 3. The lowest BCUT2D eigenvalue weighted by molar-refractivity contribution is 0.766. The molecule has 1 aromatic heterocycles. The first-order valence-electron chi connectivity index (χ1n) is 6.81. The second-order valence-corrected chi connectivity index (χ2v) is 3.81. The monoisotopic (exact) mass is 270 g/mol. The molecule has 0 saturated heterocycles. The van der Waals surface area contributed by atoms with Gasteiger partial charge in [0.05, 0.1) is 5.69 Å². The van der Waals surface area contributed by atoms with Crippen molar-refractivity contribution in [3.63, 3.8) is 0 Å². The van der Waals surface area contributed by atoms with Crippen LogP contribution in [0.4, 0.5) is 0 Å². The van der Waals surface area contributed by atoms with Gasteiger partial charge in [-0.05, 0) is 38.4 Å². The Kier molecular flexibility index (Phi) is 7.00. The summed E-state index contributed by atoms with van der Waals surface area (Å²) in [5.41, 5.74) is 2.82. The Balaban J connectivity index is 0.000000357. The van der Waals surface area contributed by atoms with Crippen LogP contribution in [0.15, 0.2) is 54.6 Å². The topological polar surface area (TPSA) is 42.7 Å². The molecule has 0 aliphatic carbocycles. The summed E-state index contributed by atoms with van der Waals surface area (Å²) in [5.74, 6) is 0. The smallest absolute Gasteiger partial charge is 0.113 e. The number of rotatable bonds is 1. The highest BCUT2D eigenvalue weighted by atomic mass is 15.5. The summed E-state index contributed by atoms with van der Waals surface area (Å²) in [7, 11) is 3.75. The number of para-hydroxylation sites is 1. The van der Waals surface area contributed by atoms with Crippen molar-refractivity contribution in [1.29, 1.82) is 0 Å². The van der Waals surface area contributed by atoms with Crippen LogP contribution in [0.1, 0.15) is 13.8 Å². The predicted molar refractivity (Wildman–Crippen MR) is 85.2 cm³/mol. The summed E-state index contributed by atoms with van der Waals surface area (Å²) in [6.45, 7) is 4.00. The molecule has 4 heteroatoms. The van der Waals surface area contributed by atoms with Gasteiger partial charge in [0.2, 0.25) is 0 Å². The minimum atomic E-state index is 0.918. The van der Waals surface area contributed by atoms with Crippen molar-refractivity contribution in [2.45, 2.75) is 13.8 Å². The van der Waals surface area contributed by atoms with Crippen molar-refractivity contribution in [3.05, 3.63) is 54.6 Å². The van der Waals surface area contributed by atoms with E-state index in [9.17, 15) is 0 Å². The highest BCUT2D eigenvalue weighted by Gasteiger charge is 2.01. The standard InChI is InChI=1S/C12H9N3.C2H7N.C2H6/c1-2-6-10(7-3-1)15-13-11-8-4-5-9-12(11)14-15;1-3-2;1-2/h1-9H;3H,1-2H3;1-2H3. The van der Waals surface area contributed by atoms with Gasteiger partial charge < -0.3 is 5.32 Å². The lowest BCUT2D eigenvalue weighted by Gasteiger charge is -1.96. The van der Waals surface area contributed by atoms with E-state index >= 15 is 0 Å². The van der Waals surface area contributed by atoms with Gasteiger partial charge in [0, 0.05) is 0 Å². The van der Waals surface area contributed by atoms with E-state index in [4.69, 9.17) is 0 Å². The maximum Gasteiger partial charge on any atom is 0.113 e. The van der Waals surface area contributed by atoms with Crippen LogP contribution in [-0.4, -0.2) is 29.1 Å². The van der Waals surface area contributed by atoms with Gasteiger partial charge in [0.15, 0.2) is 0 Å². The molecular weight excluding hydrogens is 248 g/mol. The van der Waals surface area contributed by atoms with Gasteiger partial charge in [-0.2, -0.15) is 4.80 Å². The fraction of sp³-hybridized carbons (Fsp3) is 0.250. The van der Waals surface area contributed by atoms with Crippen molar-refractivity contribution < 1.29 is 0 Å².